The minimum Gasteiger partial charge on any atom is -0.337 e. The van der Waals surface area contributed by atoms with E-state index >= 15 is 0 Å². The number of nitrogens with zero attached hydrogens (tertiary/aromatic N) is 1. The lowest BCUT2D eigenvalue weighted by molar-refractivity contribution is -0.133. The van der Waals surface area contributed by atoms with Crippen LogP contribution in [0.2, 0.25) is 0 Å². The summed E-state index contributed by atoms with van der Waals surface area (Å²) in [4.78, 5) is 14.1. The SMILES string of the molecule is CSCC[C@@H](N)C(=O)N1CCc2ccccc2C1. The third-order valence-corrected chi connectivity index (χ3v) is 4.04. The molecule has 0 aliphatic carbocycles. The van der Waals surface area contributed by atoms with Gasteiger partial charge in [-0.1, -0.05) is 24.3 Å². The maximum atomic E-state index is 12.2. The van der Waals surface area contributed by atoms with Crippen molar-refractivity contribution in [3.63, 3.8) is 0 Å². The molecular weight excluding hydrogens is 244 g/mol. The van der Waals surface area contributed by atoms with E-state index in [9.17, 15) is 4.79 Å². The normalized spacial score (nSPS) is 16.2. The molecule has 0 saturated carbocycles. The van der Waals surface area contributed by atoms with Gasteiger partial charge < -0.3 is 10.6 Å². The molecule has 1 aliphatic rings. The average molecular weight is 264 g/mol. The zero-order valence-electron chi connectivity index (χ0n) is 10.8. The number of hydrogen-bond donors (Lipinski definition) is 1. The van der Waals surface area contributed by atoms with Crippen LogP contribution in [0, 0.1) is 0 Å². The van der Waals surface area contributed by atoms with E-state index in [4.69, 9.17) is 5.73 Å². The highest BCUT2D eigenvalue weighted by atomic mass is 32.2. The lowest BCUT2D eigenvalue weighted by Crippen LogP contribution is -2.46. The molecule has 2 rings (SSSR count). The number of amides is 1. The van der Waals surface area contributed by atoms with E-state index in [2.05, 4.69) is 18.2 Å². The van der Waals surface area contributed by atoms with Crippen molar-refractivity contribution in [2.24, 2.45) is 5.73 Å². The molecule has 0 bridgehead atoms. The lowest BCUT2D eigenvalue weighted by Gasteiger charge is -2.30. The predicted octanol–water partition coefficient (Wildman–Crippen LogP) is 1.65. The Kier molecular flexibility index (Phi) is 4.66. The highest BCUT2D eigenvalue weighted by Crippen LogP contribution is 2.19. The number of hydrogen-bond acceptors (Lipinski definition) is 3. The van der Waals surface area contributed by atoms with E-state index in [1.807, 2.05) is 17.2 Å². The summed E-state index contributed by atoms with van der Waals surface area (Å²) in [5.74, 6) is 1.04. The Balaban J connectivity index is 1.98. The Morgan fingerprint density at radius 1 is 1.44 bits per heavy atom. The molecule has 0 radical (unpaired) electrons. The Bertz CT molecular complexity index is 422. The largest absolute Gasteiger partial charge is 0.337 e. The van der Waals surface area contributed by atoms with Crippen LogP contribution in [0.1, 0.15) is 17.5 Å². The number of carbonyl (C=O) groups is 1. The summed E-state index contributed by atoms with van der Waals surface area (Å²) >= 11 is 1.73. The first-order valence-electron chi connectivity index (χ1n) is 6.32. The Morgan fingerprint density at radius 2 is 2.17 bits per heavy atom. The molecule has 4 heteroatoms. The first-order chi connectivity index (χ1) is 8.72. The van der Waals surface area contributed by atoms with Crippen LogP contribution in [0.4, 0.5) is 0 Å². The maximum Gasteiger partial charge on any atom is 0.239 e. The van der Waals surface area contributed by atoms with Crippen LogP contribution in [0.25, 0.3) is 0 Å². The van der Waals surface area contributed by atoms with Gasteiger partial charge >= 0.3 is 0 Å². The monoisotopic (exact) mass is 264 g/mol. The number of nitrogens with two attached hydrogens (primary N) is 1. The molecule has 3 nitrogen and oxygen atoms in total. The van der Waals surface area contributed by atoms with Crippen molar-refractivity contribution in [1.29, 1.82) is 0 Å². The number of rotatable bonds is 4. The summed E-state index contributed by atoms with van der Waals surface area (Å²) in [7, 11) is 0. The van der Waals surface area contributed by atoms with E-state index in [0.717, 1.165) is 25.1 Å². The molecule has 0 unspecified atom stereocenters. The van der Waals surface area contributed by atoms with Crippen LogP contribution in [0.15, 0.2) is 24.3 Å². The second-order valence-corrected chi connectivity index (χ2v) is 5.65. The summed E-state index contributed by atoms with van der Waals surface area (Å²) in [6, 6.07) is 7.98. The molecule has 1 amide bonds. The third-order valence-electron chi connectivity index (χ3n) is 3.39. The summed E-state index contributed by atoms with van der Waals surface area (Å²) in [5, 5.41) is 0. The van der Waals surface area contributed by atoms with E-state index in [0.29, 0.717) is 6.54 Å². The smallest absolute Gasteiger partial charge is 0.239 e. The van der Waals surface area contributed by atoms with Gasteiger partial charge in [0, 0.05) is 13.1 Å². The Hall–Kier alpha value is -1.00. The van der Waals surface area contributed by atoms with Crippen molar-refractivity contribution in [3.05, 3.63) is 35.4 Å². The molecule has 0 saturated heterocycles. The highest BCUT2D eigenvalue weighted by molar-refractivity contribution is 7.98. The van der Waals surface area contributed by atoms with Gasteiger partial charge in [-0.25, -0.2) is 0 Å². The van der Waals surface area contributed by atoms with Gasteiger partial charge in [-0.3, -0.25) is 4.79 Å². The van der Waals surface area contributed by atoms with Gasteiger partial charge in [0.25, 0.3) is 0 Å². The number of carbonyl (C=O) groups excluding carboxylic acids is 1. The number of benzene rings is 1. The van der Waals surface area contributed by atoms with Gasteiger partial charge in [0.05, 0.1) is 6.04 Å². The summed E-state index contributed by atoms with van der Waals surface area (Å²) in [5.41, 5.74) is 8.57. The van der Waals surface area contributed by atoms with Crippen LogP contribution in [-0.2, 0) is 17.8 Å². The topological polar surface area (TPSA) is 46.3 Å². The van der Waals surface area contributed by atoms with Crippen LogP contribution >= 0.6 is 11.8 Å². The molecule has 1 aliphatic heterocycles. The van der Waals surface area contributed by atoms with Crippen LogP contribution in [0.3, 0.4) is 0 Å². The predicted molar refractivity (Wildman–Crippen MR) is 76.5 cm³/mol. The first kappa shape index (κ1) is 13.4. The van der Waals surface area contributed by atoms with E-state index in [1.54, 1.807) is 11.8 Å². The second-order valence-electron chi connectivity index (χ2n) is 4.67. The minimum absolute atomic E-state index is 0.0959. The fourth-order valence-electron chi connectivity index (χ4n) is 2.29. The van der Waals surface area contributed by atoms with Crippen molar-refractivity contribution < 1.29 is 4.79 Å². The first-order valence-corrected chi connectivity index (χ1v) is 7.72. The van der Waals surface area contributed by atoms with Gasteiger partial charge in [0.2, 0.25) is 5.91 Å². The van der Waals surface area contributed by atoms with Crippen LogP contribution in [0.5, 0.6) is 0 Å². The number of fused-ring (bicyclic) bond motifs is 1. The van der Waals surface area contributed by atoms with Crippen molar-refractivity contribution in [3.8, 4) is 0 Å². The van der Waals surface area contributed by atoms with Gasteiger partial charge in [0.1, 0.15) is 0 Å². The van der Waals surface area contributed by atoms with Crippen molar-refractivity contribution in [2.45, 2.75) is 25.4 Å². The Labute approximate surface area is 113 Å². The molecule has 1 aromatic carbocycles. The van der Waals surface area contributed by atoms with Gasteiger partial charge in [-0.2, -0.15) is 11.8 Å². The zero-order chi connectivity index (χ0) is 13.0. The van der Waals surface area contributed by atoms with E-state index in [1.165, 1.54) is 11.1 Å². The molecule has 0 spiro atoms. The maximum absolute atomic E-state index is 12.2. The fourth-order valence-corrected chi connectivity index (χ4v) is 2.78. The van der Waals surface area contributed by atoms with Crippen LogP contribution in [-0.4, -0.2) is 35.4 Å². The molecule has 18 heavy (non-hydrogen) atoms. The lowest BCUT2D eigenvalue weighted by atomic mass is 9.99. The van der Waals surface area contributed by atoms with E-state index < -0.39 is 0 Å². The quantitative estimate of drug-likeness (QED) is 0.899. The molecule has 0 aromatic heterocycles. The molecule has 1 atom stereocenters. The third kappa shape index (κ3) is 3.06. The van der Waals surface area contributed by atoms with Crippen molar-refractivity contribution in [2.75, 3.05) is 18.6 Å². The molecule has 98 valence electrons. The highest BCUT2D eigenvalue weighted by Gasteiger charge is 2.24. The summed E-state index contributed by atoms with van der Waals surface area (Å²) in [6.45, 7) is 1.50. The summed E-state index contributed by atoms with van der Waals surface area (Å²) in [6.07, 6.45) is 3.74. The fraction of sp³-hybridized carbons (Fsp3) is 0.500. The van der Waals surface area contributed by atoms with E-state index in [-0.39, 0.29) is 11.9 Å². The molecule has 1 aromatic rings. The zero-order valence-corrected chi connectivity index (χ0v) is 11.6. The standard InChI is InChI=1S/C14H20N2OS/c1-18-9-7-13(15)14(17)16-8-6-11-4-2-3-5-12(11)10-16/h2-5,13H,6-10,15H2,1H3/t13-/m1/s1. The van der Waals surface area contributed by atoms with Gasteiger partial charge in [-0.15, -0.1) is 0 Å². The summed E-state index contributed by atoms with van der Waals surface area (Å²) < 4.78 is 0. The second kappa shape index (κ2) is 6.25. The van der Waals surface area contributed by atoms with Crippen molar-refractivity contribution >= 4 is 17.7 Å². The van der Waals surface area contributed by atoms with Gasteiger partial charge in [0.15, 0.2) is 0 Å². The molecule has 1 heterocycles. The molecular formula is C14H20N2OS. The molecule has 2 N–H and O–H groups in total. The minimum atomic E-state index is -0.345. The van der Waals surface area contributed by atoms with Crippen LogP contribution < -0.4 is 5.73 Å². The van der Waals surface area contributed by atoms with Gasteiger partial charge in [-0.05, 0) is 36.0 Å². The average Bonchev–Trinajstić information content (AvgIpc) is 2.43. The molecule has 0 fully saturated rings. The Morgan fingerprint density at radius 3 is 2.89 bits per heavy atom. The number of thioether (sulfide) groups is 1. The van der Waals surface area contributed by atoms with Crippen molar-refractivity contribution in [1.82, 2.24) is 4.90 Å².